The highest BCUT2D eigenvalue weighted by Crippen LogP contribution is 2.35. The number of rotatable bonds is 10. The van der Waals surface area contributed by atoms with Crippen molar-refractivity contribution >= 4 is 37.4 Å². The standard InChI is InChI=1S/C15H20N4O5S/c1-16-5-7-18(3)14(20)22-9-12(24-13-11-25-13)10-23-15(21)19(4)8-6-17-2/h5-8,11-12H,1-2,9-10H2,3-4H3/b7-5-,8-6-. The molecule has 0 radical (unpaired) electrons. The first kappa shape index (κ1) is 20.3. The summed E-state index contributed by atoms with van der Waals surface area (Å²) in [6, 6.07) is 0. The van der Waals surface area contributed by atoms with E-state index in [1.165, 1.54) is 60.5 Å². The fraction of sp³-hybridized carbons (Fsp3) is 0.333. The number of nitrogens with zero attached hydrogens (tertiary/aromatic N) is 4. The predicted octanol–water partition coefficient (Wildman–Crippen LogP) is 2.40. The molecule has 1 rings (SSSR count). The minimum Gasteiger partial charge on any atom is -0.476 e. The van der Waals surface area contributed by atoms with E-state index in [0.29, 0.717) is 5.09 Å². The lowest BCUT2D eigenvalue weighted by Gasteiger charge is -2.20. The van der Waals surface area contributed by atoms with E-state index in [9.17, 15) is 9.59 Å². The van der Waals surface area contributed by atoms with E-state index < -0.39 is 18.3 Å². The van der Waals surface area contributed by atoms with Crippen LogP contribution in [0.5, 0.6) is 0 Å². The second-order valence-electron chi connectivity index (χ2n) is 4.63. The van der Waals surface area contributed by atoms with E-state index >= 15 is 0 Å². The van der Waals surface area contributed by atoms with Crippen molar-refractivity contribution in [1.82, 2.24) is 9.80 Å². The average molecular weight is 368 g/mol. The van der Waals surface area contributed by atoms with Crippen molar-refractivity contribution in [3.63, 3.8) is 0 Å². The van der Waals surface area contributed by atoms with Crippen molar-refractivity contribution in [2.24, 2.45) is 9.98 Å². The number of thioether (sulfide) groups is 1. The molecule has 1 heterocycles. The van der Waals surface area contributed by atoms with Gasteiger partial charge < -0.3 is 14.2 Å². The Morgan fingerprint density at radius 2 is 1.56 bits per heavy atom. The molecule has 2 amide bonds. The first-order valence-electron chi connectivity index (χ1n) is 7.05. The molecule has 0 aromatic rings. The van der Waals surface area contributed by atoms with Crippen LogP contribution in [0.3, 0.4) is 0 Å². The van der Waals surface area contributed by atoms with Gasteiger partial charge in [-0.25, -0.2) is 9.59 Å². The normalized spacial score (nSPS) is 12.7. The largest absolute Gasteiger partial charge is 0.476 e. The van der Waals surface area contributed by atoms with Gasteiger partial charge in [0.15, 0.2) is 11.2 Å². The molecule has 136 valence electrons. The minimum atomic E-state index is -0.626. The van der Waals surface area contributed by atoms with Crippen molar-refractivity contribution in [2.75, 3.05) is 27.3 Å². The van der Waals surface area contributed by atoms with Gasteiger partial charge in [0.05, 0.1) is 0 Å². The molecule has 0 fully saturated rings. The van der Waals surface area contributed by atoms with Gasteiger partial charge in [-0.1, -0.05) is 11.8 Å². The van der Waals surface area contributed by atoms with Crippen molar-refractivity contribution in [3.8, 4) is 0 Å². The maximum Gasteiger partial charge on any atom is 0.413 e. The molecule has 0 aliphatic carbocycles. The predicted molar refractivity (Wildman–Crippen MR) is 96.1 cm³/mol. The highest BCUT2D eigenvalue weighted by molar-refractivity contribution is 8.11. The van der Waals surface area contributed by atoms with E-state index in [1.54, 1.807) is 5.41 Å². The monoisotopic (exact) mass is 368 g/mol. The Morgan fingerprint density at radius 3 is 1.92 bits per heavy atom. The fourth-order valence-corrected chi connectivity index (χ4v) is 1.60. The number of ether oxygens (including phenoxy) is 3. The molecule has 0 aromatic carbocycles. The van der Waals surface area contributed by atoms with Gasteiger partial charge in [0.1, 0.15) is 13.2 Å². The summed E-state index contributed by atoms with van der Waals surface area (Å²) < 4.78 is 15.8. The molecule has 1 aliphatic rings. The van der Waals surface area contributed by atoms with Crippen LogP contribution in [0.15, 0.2) is 45.3 Å². The Bertz CT molecular complexity index is 550. The first-order chi connectivity index (χ1) is 12.0. The van der Waals surface area contributed by atoms with Gasteiger partial charge in [0.2, 0.25) is 0 Å². The smallest absolute Gasteiger partial charge is 0.413 e. The van der Waals surface area contributed by atoms with Crippen molar-refractivity contribution in [3.05, 3.63) is 35.3 Å². The molecule has 1 aliphatic heterocycles. The summed E-state index contributed by atoms with van der Waals surface area (Å²) in [6.45, 7) is 6.37. The lowest BCUT2D eigenvalue weighted by atomic mass is 10.4. The average Bonchev–Trinajstić information content (AvgIpc) is 3.42. The lowest BCUT2D eigenvalue weighted by molar-refractivity contribution is 0.00340. The molecule has 9 nitrogen and oxygen atoms in total. The zero-order valence-electron chi connectivity index (χ0n) is 14.0. The third-order valence-electron chi connectivity index (χ3n) is 2.65. The summed E-state index contributed by atoms with van der Waals surface area (Å²) in [5.41, 5.74) is 0. The highest BCUT2D eigenvalue weighted by atomic mass is 32.2. The third kappa shape index (κ3) is 8.61. The summed E-state index contributed by atoms with van der Waals surface area (Å²) in [5, 5.41) is 2.47. The maximum absolute atomic E-state index is 11.8. The van der Waals surface area contributed by atoms with Crippen LogP contribution >= 0.6 is 11.8 Å². The molecule has 0 atom stereocenters. The van der Waals surface area contributed by atoms with E-state index in [4.69, 9.17) is 14.2 Å². The molecule has 0 saturated carbocycles. The van der Waals surface area contributed by atoms with Crippen molar-refractivity contribution in [2.45, 2.75) is 6.10 Å². The van der Waals surface area contributed by atoms with Crippen LogP contribution < -0.4 is 0 Å². The molecule has 0 aromatic heterocycles. The Hall–Kier alpha value is -2.75. The number of amides is 2. The topological polar surface area (TPSA) is 93.0 Å². The molecule has 0 bridgehead atoms. The van der Waals surface area contributed by atoms with E-state index in [0.717, 1.165) is 0 Å². The van der Waals surface area contributed by atoms with E-state index in [2.05, 4.69) is 23.4 Å². The molecule has 0 spiro atoms. The molecule has 25 heavy (non-hydrogen) atoms. The van der Waals surface area contributed by atoms with E-state index in [-0.39, 0.29) is 13.2 Å². The Morgan fingerprint density at radius 1 is 1.12 bits per heavy atom. The molecule has 10 heteroatoms. The van der Waals surface area contributed by atoms with E-state index in [1.807, 2.05) is 0 Å². The van der Waals surface area contributed by atoms with Crippen LogP contribution in [0.25, 0.3) is 0 Å². The second-order valence-corrected chi connectivity index (χ2v) is 5.51. The summed E-state index contributed by atoms with van der Waals surface area (Å²) in [7, 11) is 3.02. The summed E-state index contributed by atoms with van der Waals surface area (Å²) in [6.07, 6.45) is 3.68. The Balaban J connectivity index is 2.47. The highest BCUT2D eigenvalue weighted by Gasteiger charge is 2.22. The van der Waals surface area contributed by atoms with Crippen LogP contribution in [-0.2, 0) is 14.2 Å². The van der Waals surface area contributed by atoms with Gasteiger partial charge in [-0.3, -0.25) is 19.8 Å². The fourth-order valence-electron chi connectivity index (χ4n) is 1.31. The molecule has 0 saturated heterocycles. The number of hydrogen-bond donors (Lipinski definition) is 0. The number of carbonyl (C=O) groups excluding carboxylic acids is 2. The van der Waals surface area contributed by atoms with Gasteiger partial charge in [0, 0.05) is 44.3 Å². The van der Waals surface area contributed by atoms with Gasteiger partial charge in [-0.15, -0.1) is 0 Å². The maximum atomic E-state index is 11.8. The van der Waals surface area contributed by atoms with Crippen molar-refractivity contribution in [1.29, 1.82) is 0 Å². The molecule has 0 N–H and O–H groups in total. The van der Waals surface area contributed by atoms with Crippen LogP contribution in [-0.4, -0.2) is 68.8 Å². The van der Waals surface area contributed by atoms with Crippen molar-refractivity contribution < 1.29 is 23.8 Å². The first-order valence-corrected chi connectivity index (χ1v) is 7.93. The van der Waals surface area contributed by atoms with Crippen LogP contribution in [0.2, 0.25) is 0 Å². The summed E-state index contributed by atoms with van der Waals surface area (Å²) in [5.74, 6) is 0. The Labute approximate surface area is 150 Å². The molecular formula is C15H20N4O5S. The van der Waals surface area contributed by atoms with Crippen LogP contribution in [0.4, 0.5) is 9.59 Å². The van der Waals surface area contributed by atoms with Gasteiger partial charge >= 0.3 is 12.2 Å². The molecule has 0 unspecified atom stereocenters. The minimum absolute atomic E-state index is 0.0858. The zero-order chi connectivity index (χ0) is 18.7. The third-order valence-corrected chi connectivity index (χ3v) is 3.17. The second kappa shape index (κ2) is 10.9. The summed E-state index contributed by atoms with van der Waals surface area (Å²) in [4.78, 5) is 33.0. The quantitative estimate of drug-likeness (QED) is 0.550. The van der Waals surface area contributed by atoms with Crippen LogP contribution in [0, 0.1) is 0 Å². The van der Waals surface area contributed by atoms with Crippen LogP contribution in [0.1, 0.15) is 0 Å². The number of hydrogen-bond acceptors (Lipinski definition) is 8. The number of carbonyl (C=O) groups is 2. The SMILES string of the molecule is C=N/C=C\N(C)C(=O)OCC(COC(=O)N(C)/C=C\N=C)OC1=CS1. The van der Waals surface area contributed by atoms with Gasteiger partial charge in [-0.05, 0) is 13.4 Å². The lowest BCUT2D eigenvalue weighted by Crippen LogP contribution is -2.32. The zero-order valence-corrected chi connectivity index (χ0v) is 14.8. The Kier molecular flexibility index (Phi) is 8.86. The molecular weight excluding hydrogens is 348 g/mol. The van der Waals surface area contributed by atoms with Gasteiger partial charge in [-0.2, -0.15) is 0 Å². The number of aliphatic imine (C=N–C) groups is 2. The van der Waals surface area contributed by atoms with Gasteiger partial charge in [0.25, 0.3) is 0 Å². The summed E-state index contributed by atoms with van der Waals surface area (Å²) >= 11 is 1.41.